The van der Waals surface area contributed by atoms with Gasteiger partial charge in [-0.1, -0.05) is 26.0 Å². The number of rotatable bonds is 3. The van der Waals surface area contributed by atoms with Crippen molar-refractivity contribution in [1.82, 2.24) is 21.0 Å². The molecule has 2 amide bonds. The second-order valence-electron chi connectivity index (χ2n) is 5.76. The number of H-pyrrole nitrogens is 1. The molecule has 0 radical (unpaired) electrons. The van der Waals surface area contributed by atoms with Crippen LogP contribution < -0.4 is 20.3 Å². The molecule has 9 heteroatoms. The van der Waals surface area contributed by atoms with Crippen molar-refractivity contribution < 1.29 is 19.1 Å². The molecule has 0 fully saturated rings. The van der Waals surface area contributed by atoms with Gasteiger partial charge in [0.25, 0.3) is 11.8 Å². The van der Waals surface area contributed by atoms with Gasteiger partial charge in [-0.25, -0.2) is 0 Å². The van der Waals surface area contributed by atoms with E-state index in [-0.39, 0.29) is 18.2 Å². The number of hydrogen-bond acceptors (Lipinski definition) is 5. The minimum atomic E-state index is -0.857. The lowest BCUT2D eigenvalue weighted by Gasteiger charge is -2.25. The quantitative estimate of drug-likeness (QED) is 0.672. The standard InChI is InChI=1S/C16H17BrN4O4/c1-8(2)13-12(17)14(19-18-13)16(23)21-20-15(22)11-7-24-9-5-3-4-6-10(9)25-11/h3-6,8,11H,7H2,1-2H3,(H,18,19)(H,20,22)(H,21,23). The number of fused-ring (bicyclic) bond motifs is 1. The molecule has 3 N–H and O–H groups in total. The van der Waals surface area contributed by atoms with Gasteiger partial charge in [0.05, 0.1) is 10.2 Å². The average Bonchev–Trinajstić information content (AvgIpc) is 3.00. The molecular weight excluding hydrogens is 392 g/mol. The molecule has 2 heterocycles. The minimum absolute atomic E-state index is 0.0579. The molecule has 1 aromatic heterocycles. The topological polar surface area (TPSA) is 105 Å². The van der Waals surface area contributed by atoms with E-state index >= 15 is 0 Å². The SMILES string of the molecule is CC(C)c1[nH]nc(C(=O)NNC(=O)C2COc3ccccc3O2)c1Br. The number of halogens is 1. The predicted octanol–water partition coefficient (Wildman–Crippen LogP) is 1.90. The van der Waals surface area contributed by atoms with Crippen LogP contribution in [-0.4, -0.2) is 34.7 Å². The zero-order valence-electron chi connectivity index (χ0n) is 13.6. The summed E-state index contributed by atoms with van der Waals surface area (Å²) in [6.07, 6.45) is -0.857. The highest BCUT2D eigenvalue weighted by atomic mass is 79.9. The van der Waals surface area contributed by atoms with Crippen LogP contribution in [0.15, 0.2) is 28.7 Å². The Kier molecular flexibility index (Phi) is 4.93. The first-order valence-corrected chi connectivity index (χ1v) is 8.49. The summed E-state index contributed by atoms with van der Waals surface area (Å²) in [5, 5.41) is 6.77. The zero-order valence-corrected chi connectivity index (χ0v) is 15.2. The Bertz CT molecular complexity index is 805. The number of nitrogens with one attached hydrogen (secondary N) is 3. The van der Waals surface area contributed by atoms with Gasteiger partial charge < -0.3 is 9.47 Å². The molecule has 0 aliphatic carbocycles. The van der Waals surface area contributed by atoms with Gasteiger partial charge in [0.15, 0.2) is 17.2 Å². The lowest BCUT2D eigenvalue weighted by Crippen LogP contribution is -2.51. The molecule has 1 aliphatic heterocycles. The Morgan fingerprint density at radius 3 is 2.68 bits per heavy atom. The molecule has 1 aliphatic rings. The third-order valence-corrected chi connectivity index (χ3v) is 4.43. The number of amides is 2. The maximum atomic E-state index is 12.2. The highest BCUT2D eigenvalue weighted by Crippen LogP contribution is 2.30. The molecule has 1 unspecified atom stereocenters. The number of carbonyl (C=O) groups excluding carboxylic acids is 2. The number of hydrazine groups is 1. The lowest BCUT2D eigenvalue weighted by molar-refractivity contribution is -0.131. The monoisotopic (exact) mass is 408 g/mol. The number of para-hydroxylation sites is 2. The fraction of sp³-hybridized carbons (Fsp3) is 0.312. The lowest BCUT2D eigenvalue weighted by atomic mass is 10.1. The summed E-state index contributed by atoms with van der Waals surface area (Å²) in [4.78, 5) is 24.3. The van der Waals surface area contributed by atoms with E-state index < -0.39 is 17.9 Å². The largest absolute Gasteiger partial charge is 0.485 e. The summed E-state index contributed by atoms with van der Waals surface area (Å²) in [5.41, 5.74) is 5.62. The maximum Gasteiger partial charge on any atom is 0.291 e. The molecule has 1 atom stereocenters. The summed E-state index contributed by atoms with van der Waals surface area (Å²) < 4.78 is 11.6. The van der Waals surface area contributed by atoms with E-state index in [1.54, 1.807) is 18.2 Å². The molecule has 0 saturated heterocycles. The van der Waals surface area contributed by atoms with Crippen LogP contribution in [0, 0.1) is 0 Å². The van der Waals surface area contributed by atoms with E-state index in [0.29, 0.717) is 16.0 Å². The second-order valence-corrected chi connectivity index (χ2v) is 6.56. The molecule has 2 aromatic rings. The van der Waals surface area contributed by atoms with Crippen molar-refractivity contribution >= 4 is 27.7 Å². The molecule has 0 spiro atoms. The van der Waals surface area contributed by atoms with E-state index in [9.17, 15) is 9.59 Å². The van der Waals surface area contributed by atoms with Gasteiger partial charge in [-0.3, -0.25) is 25.5 Å². The van der Waals surface area contributed by atoms with Crippen LogP contribution in [0.1, 0.15) is 35.9 Å². The van der Waals surface area contributed by atoms with Crippen LogP contribution in [0.2, 0.25) is 0 Å². The van der Waals surface area contributed by atoms with E-state index in [1.165, 1.54) is 0 Å². The number of nitrogens with zero attached hydrogens (tertiary/aromatic N) is 1. The first-order chi connectivity index (χ1) is 12.0. The zero-order chi connectivity index (χ0) is 18.0. The molecule has 1 aromatic carbocycles. The van der Waals surface area contributed by atoms with E-state index in [2.05, 4.69) is 37.0 Å². The molecule has 3 rings (SSSR count). The number of benzene rings is 1. The summed E-state index contributed by atoms with van der Waals surface area (Å²) in [6, 6.07) is 7.07. The van der Waals surface area contributed by atoms with Gasteiger partial charge >= 0.3 is 0 Å². The minimum Gasteiger partial charge on any atom is -0.485 e. The summed E-state index contributed by atoms with van der Waals surface area (Å²) in [5.74, 6) is 0.180. The van der Waals surface area contributed by atoms with Crippen molar-refractivity contribution in [3.63, 3.8) is 0 Å². The first kappa shape index (κ1) is 17.3. The van der Waals surface area contributed by atoms with Crippen molar-refractivity contribution in [2.75, 3.05) is 6.61 Å². The van der Waals surface area contributed by atoms with Gasteiger partial charge in [0.1, 0.15) is 6.61 Å². The Morgan fingerprint density at radius 2 is 2.00 bits per heavy atom. The van der Waals surface area contributed by atoms with Gasteiger partial charge in [-0.05, 0) is 34.0 Å². The molecule has 132 valence electrons. The molecule has 0 bridgehead atoms. The van der Waals surface area contributed by atoms with Crippen molar-refractivity contribution in [3.05, 3.63) is 40.1 Å². The van der Waals surface area contributed by atoms with Gasteiger partial charge in [0, 0.05) is 0 Å². The molecule has 8 nitrogen and oxygen atoms in total. The number of carbonyl (C=O) groups is 2. The fourth-order valence-corrected chi connectivity index (χ4v) is 3.10. The van der Waals surface area contributed by atoms with Crippen molar-refractivity contribution in [1.29, 1.82) is 0 Å². The Labute approximate surface area is 152 Å². The van der Waals surface area contributed by atoms with E-state index in [4.69, 9.17) is 9.47 Å². The van der Waals surface area contributed by atoms with E-state index in [0.717, 1.165) is 5.69 Å². The Hall–Kier alpha value is -2.55. The first-order valence-electron chi connectivity index (χ1n) is 7.69. The number of aromatic amines is 1. The second kappa shape index (κ2) is 7.14. The van der Waals surface area contributed by atoms with Crippen molar-refractivity contribution in [3.8, 4) is 11.5 Å². The summed E-state index contributed by atoms with van der Waals surface area (Å²) in [7, 11) is 0. The molecule has 0 saturated carbocycles. The van der Waals surface area contributed by atoms with Crippen LogP contribution in [-0.2, 0) is 4.79 Å². The number of ether oxygens (including phenoxy) is 2. The van der Waals surface area contributed by atoms with Crippen LogP contribution in [0.25, 0.3) is 0 Å². The van der Waals surface area contributed by atoms with E-state index in [1.807, 2.05) is 19.9 Å². The average molecular weight is 409 g/mol. The van der Waals surface area contributed by atoms with Crippen LogP contribution >= 0.6 is 15.9 Å². The van der Waals surface area contributed by atoms with Gasteiger partial charge in [-0.2, -0.15) is 5.10 Å². The van der Waals surface area contributed by atoms with Crippen molar-refractivity contribution in [2.24, 2.45) is 0 Å². The highest BCUT2D eigenvalue weighted by molar-refractivity contribution is 9.10. The smallest absolute Gasteiger partial charge is 0.291 e. The number of hydrogen-bond donors (Lipinski definition) is 3. The molecule has 25 heavy (non-hydrogen) atoms. The summed E-state index contributed by atoms with van der Waals surface area (Å²) in [6.45, 7) is 4.00. The molecular formula is C16H17BrN4O4. The Balaban J connectivity index is 1.59. The van der Waals surface area contributed by atoms with Crippen LogP contribution in [0.4, 0.5) is 0 Å². The van der Waals surface area contributed by atoms with Gasteiger partial charge in [0.2, 0.25) is 6.10 Å². The highest BCUT2D eigenvalue weighted by Gasteiger charge is 2.28. The fourth-order valence-electron chi connectivity index (χ4n) is 2.28. The normalized spacial score (nSPS) is 15.8. The van der Waals surface area contributed by atoms with Crippen LogP contribution in [0.3, 0.4) is 0 Å². The third-order valence-electron chi connectivity index (χ3n) is 3.63. The third kappa shape index (κ3) is 3.60. The van der Waals surface area contributed by atoms with Crippen LogP contribution in [0.5, 0.6) is 11.5 Å². The van der Waals surface area contributed by atoms with Crippen molar-refractivity contribution in [2.45, 2.75) is 25.9 Å². The Morgan fingerprint density at radius 1 is 1.28 bits per heavy atom. The maximum absolute atomic E-state index is 12.2. The van der Waals surface area contributed by atoms with Gasteiger partial charge in [-0.15, -0.1) is 0 Å². The summed E-state index contributed by atoms with van der Waals surface area (Å²) >= 11 is 3.34. The predicted molar refractivity (Wildman–Crippen MR) is 92.3 cm³/mol. The number of aromatic nitrogens is 2.